The molecule has 0 saturated carbocycles. The molecule has 0 spiro atoms. The smallest absolute Gasteiger partial charge is 0.270 e. The largest absolute Gasteiger partial charge is 0.349 e. The van der Waals surface area contributed by atoms with Crippen LogP contribution in [0.2, 0.25) is 0 Å². The van der Waals surface area contributed by atoms with Gasteiger partial charge in [0.05, 0.1) is 11.4 Å². The van der Waals surface area contributed by atoms with Gasteiger partial charge in [0.2, 0.25) is 0 Å². The Kier molecular flexibility index (Phi) is 5.95. The Morgan fingerprint density at radius 1 is 1.03 bits per heavy atom. The Morgan fingerprint density at radius 2 is 1.77 bits per heavy atom. The summed E-state index contributed by atoms with van der Waals surface area (Å²) in [6.07, 6.45) is 2.45. The van der Waals surface area contributed by atoms with E-state index in [1.54, 1.807) is 22.9 Å². The van der Waals surface area contributed by atoms with Crippen LogP contribution in [0.1, 0.15) is 34.5 Å². The summed E-state index contributed by atoms with van der Waals surface area (Å²) in [7, 11) is 0. The number of hydrogen-bond acceptors (Lipinski definition) is 3. The minimum absolute atomic E-state index is 0.180. The third-order valence-corrected chi connectivity index (χ3v) is 5.73. The van der Waals surface area contributed by atoms with Crippen molar-refractivity contribution in [3.63, 3.8) is 0 Å². The lowest BCUT2D eigenvalue weighted by atomic mass is 10.0. The molecule has 156 valence electrons. The highest BCUT2D eigenvalue weighted by Gasteiger charge is 2.19. The number of carbonyl (C=O) groups excluding carboxylic acids is 1. The second kappa shape index (κ2) is 8.79. The van der Waals surface area contributed by atoms with Gasteiger partial charge in [0.25, 0.3) is 5.91 Å². The van der Waals surface area contributed by atoms with Crippen molar-refractivity contribution in [2.45, 2.75) is 26.7 Å². The number of nitrogens with zero attached hydrogens (tertiary/aromatic N) is 3. The number of carbonyl (C=O) groups is 1. The summed E-state index contributed by atoms with van der Waals surface area (Å²) < 4.78 is 15.0. The topological polar surface area (TPSA) is 50.2 Å². The zero-order chi connectivity index (χ0) is 21.1. The first-order chi connectivity index (χ1) is 14.5. The lowest BCUT2D eigenvalue weighted by molar-refractivity contribution is 0.0942. The van der Waals surface area contributed by atoms with E-state index in [2.05, 4.69) is 41.3 Å². The first kappa shape index (κ1) is 20.3. The number of likely N-dealkylation sites (tertiary alicyclic amines) is 1. The van der Waals surface area contributed by atoms with Crippen LogP contribution in [-0.2, 0) is 0 Å². The molecular weight excluding hydrogens is 379 g/mol. The van der Waals surface area contributed by atoms with E-state index in [0.717, 1.165) is 25.2 Å². The van der Waals surface area contributed by atoms with Crippen LogP contribution in [0.5, 0.6) is 0 Å². The van der Waals surface area contributed by atoms with Crippen LogP contribution in [0.25, 0.3) is 16.9 Å². The van der Waals surface area contributed by atoms with E-state index in [1.807, 2.05) is 6.07 Å². The van der Waals surface area contributed by atoms with Crippen molar-refractivity contribution in [3.05, 3.63) is 71.2 Å². The number of rotatable bonds is 6. The van der Waals surface area contributed by atoms with E-state index in [0.29, 0.717) is 23.6 Å². The highest BCUT2D eigenvalue weighted by molar-refractivity contribution is 5.94. The van der Waals surface area contributed by atoms with Gasteiger partial charge in [0.1, 0.15) is 11.5 Å². The fourth-order valence-electron chi connectivity index (χ4n) is 3.79. The maximum absolute atomic E-state index is 13.4. The van der Waals surface area contributed by atoms with Crippen molar-refractivity contribution in [2.75, 3.05) is 26.2 Å². The van der Waals surface area contributed by atoms with Crippen LogP contribution in [0.15, 0.2) is 48.5 Å². The van der Waals surface area contributed by atoms with Gasteiger partial charge in [-0.15, -0.1) is 0 Å². The van der Waals surface area contributed by atoms with Gasteiger partial charge in [-0.1, -0.05) is 12.1 Å². The molecule has 0 aliphatic carbocycles. The summed E-state index contributed by atoms with van der Waals surface area (Å²) >= 11 is 0. The fraction of sp³-hybridized carbons (Fsp3) is 0.333. The second-order valence-electron chi connectivity index (χ2n) is 7.91. The molecule has 3 aromatic rings. The van der Waals surface area contributed by atoms with Crippen LogP contribution >= 0.6 is 0 Å². The third kappa shape index (κ3) is 4.44. The Labute approximate surface area is 176 Å². The summed E-state index contributed by atoms with van der Waals surface area (Å²) in [6.45, 7) is 7.75. The van der Waals surface area contributed by atoms with Gasteiger partial charge in [-0.05, 0) is 87.3 Å². The number of hydrogen-bond donors (Lipinski definition) is 1. The second-order valence-corrected chi connectivity index (χ2v) is 7.91. The van der Waals surface area contributed by atoms with Gasteiger partial charge in [-0.3, -0.25) is 4.79 Å². The molecule has 1 N–H and O–H groups in total. The number of nitrogens with one attached hydrogen (secondary N) is 1. The maximum Gasteiger partial charge on any atom is 0.270 e. The zero-order valence-corrected chi connectivity index (χ0v) is 17.5. The van der Waals surface area contributed by atoms with Crippen molar-refractivity contribution in [1.29, 1.82) is 0 Å². The van der Waals surface area contributed by atoms with Crippen LogP contribution in [0.3, 0.4) is 0 Å². The number of aryl methyl sites for hydroxylation is 2. The number of halogens is 1. The first-order valence-corrected chi connectivity index (χ1v) is 10.5. The highest BCUT2D eigenvalue weighted by Crippen LogP contribution is 2.24. The van der Waals surface area contributed by atoms with Gasteiger partial charge < -0.3 is 10.2 Å². The first-order valence-electron chi connectivity index (χ1n) is 10.5. The Hall–Kier alpha value is -2.99. The molecule has 2 aromatic carbocycles. The Morgan fingerprint density at radius 3 is 2.47 bits per heavy atom. The average Bonchev–Trinajstić information content (AvgIpc) is 3.41. The minimum atomic E-state index is -0.322. The molecule has 2 heterocycles. The van der Waals surface area contributed by atoms with Gasteiger partial charge in [0, 0.05) is 18.7 Å². The standard InChI is InChI=1S/C24H27FN4O/c1-17-5-6-19(15-18(17)2)22-16-23(24(30)26-11-14-28-12-3-4-13-28)29(27-22)21-9-7-20(25)8-10-21/h5-10,15-16H,3-4,11-14H2,1-2H3,(H,26,30). The predicted molar refractivity (Wildman–Crippen MR) is 116 cm³/mol. The van der Waals surface area contributed by atoms with E-state index >= 15 is 0 Å². The number of amides is 1. The average molecular weight is 407 g/mol. The van der Waals surface area contributed by atoms with Crippen molar-refractivity contribution < 1.29 is 9.18 Å². The van der Waals surface area contributed by atoms with Crippen molar-refractivity contribution >= 4 is 5.91 Å². The van der Waals surface area contributed by atoms with Crippen LogP contribution in [-0.4, -0.2) is 46.8 Å². The molecule has 4 rings (SSSR count). The predicted octanol–water partition coefficient (Wildman–Crippen LogP) is 4.12. The molecule has 1 aliphatic rings. The summed E-state index contributed by atoms with van der Waals surface area (Å²) in [5, 5.41) is 7.70. The molecule has 5 nitrogen and oxygen atoms in total. The molecule has 1 aliphatic heterocycles. The van der Waals surface area contributed by atoms with Crippen molar-refractivity contribution in [2.24, 2.45) is 0 Å². The molecule has 0 bridgehead atoms. The molecule has 6 heteroatoms. The molecular formula is C24H27FN4O. The van der Waals surface area contributed by atoms with Gasteiger partial charge in [-0.2, -0.15) is 5.10 Å². The van der Waals surface area contributed by atoms with Crippen LogP contribution in [0, 0.1) is 19.7 Å². The van der Waals surface area contributed by atoms with E-state index in [9.17, 15) is 9.18 Å². The molecule has 30 heavy (non-hydrogen) atoms. The monoisotopic (exact) mass is 406 g/mol. The summed E-state index contributed by atoms with van der Waals surface area (Å²) in [5.74, 6) is -0.502. The summed E-state index contributed by atoms with van der Waals surface area (Å²) in [6, 6.07) is 14.0. The molecule has 0 radical (unpaired) electrons. The molecule has 0 unspecified atom stereocenters. The number of benzene rings is 2. The minimum Gasteiger partial charge on any atom is -0.349 e. The van der Waals surface area contributed by atoms with E-state index in [4.69, 9.17) is 0 Å². The fourth-order valence-corrected chi connectivity index (χ4v) is 3.79. The molecule has 1 aromatic heterocycles. The molecule has 1 amide bonds. The van der Waals surface area contributed by atoms with E-state index < -0.39 is 0 Å². The summed E-state index contributed by atoms with van der Waals surface area (Å²) in [4.78, 5) is 15.3. The Balaban J connectivity index is 1.62. The maximum atomic E-state index is 13.4. The van der Waals surface area contributed by atoms with E-state index in [1.165, 1.54) is 36.1 Å². The van der Waals surface area contributed by atoms with Gasteiger partial charge in [0.15, 0.2) is 0 Å². The normalized spacial score (nSPS) is 14.2. The Bertz CT molecular complexity index is 1040. The quantitative estimate of drug-likeness (QED) is 0.670. The lowest BCUT2D eigenvalue weighted by Crippen LogP contribution is -2.34. The molecule has 1 fully saturated rings. The summed E-state index contributed by atoms with van der Waals surface area (Å²) in [5.41, 5.74) is 5.13. The van der Waals surface area contributed by atoms with Crippen molar-refractivity contribution in [1.82, 2.24) is 20.0 Å². The zero-order valence-electron chi connectivity index (χ0n) is 17.5. The third-order valence-electron chi connectivity index (χ3n) is 5.73. The highest BCUT2D eigenvalue weighted by atomic mass is 19.1. The lowest BCUT2D eigenvalue weighted by Gasteiger charge is -2.15. The molecule has 0 atom stereocenters. The van der Waals surface area contributed by atoms with Gasteiger partial charge >= 0.3 is 0 Å². The van der Waals surface area contributed by atoms with E-state index in [-0.39, 0.29) is 11.7 Å². The number of aromatic nitrogens is 2. The molecule has 1 saturated heterocycles. The van der Waals surface area contributed by atoms with Crippen LogP contribution < -0.4 is 5.32 Å². The van der Waals surface area contributed by atoms with Crippen LogP contribution in [0.4, 0.5) is 4.39 Å². The SMILES string of the molecule is Cc1ccc(-c2cc(C(=O)NCCN3CCCC3)n(-c3ccc(F)cc3)n2)cc1C. The van der Waals surface area contributed by atoms with Gasteiger partial charge in [-0.25, -0.2) is 9.07 Å². The van der Waals surface area contributed by atoms with Crippen molar-refractivity contribution in [3.8, 4) is 16.9 Å².